The summed E-state index contributed by atoms with van der Waals surface area (Å²) in [6.45, 7) is 3.15. The van der Waals surface area contributed by atoms with Gasteiger partial charge < -0.3 is 0 Å². The minimum atomic E-state index is 0. The van der Waals surface area contributed by atoms with Gasteiger partial charge >= 0.3 is 0 Å². The van der Waals surface area contributed by atoms with Gasteiger partial charge in [-0.2, -0.15) is 0 Å². The van der Waals surface area contributed by atoms with Crippen molar-refractivity contribution in [2.75, 3.05) is 0 Å². The van der Waals surface area contributed by atoms with Crippen LogP contribution < -0.4 is 28.5 Å². The summed E-state index contributed by atoms with van der Waals surface area (Å²) >= 11 is 0. The fraction of sp³-hybridized carbons (Fsp3) is 0.400. The number of aromatic nitrogens is 2. The van der Waals surface area contributed by atoms with Crippen LogP contribution in [0.3, 0.4) is 0 Å². The van der Waals surface area contributed by atoms with Gasteiger partial charge in [0.15, 0.2) is 0 Å². The van der Waals surface area contributed by atoms with E-state index in [-0.39, 0.29) is 24.0 Å². The van der Waals surface area contributed by atoms with Crippen LogP contribution in [0.1, 0.15) is 6.92 Å². The first-order chi connectivity index (χ1) is 3.43. The first kappa shape index (κ1) is 7.94. The van der Waals surface area contributed by atoms with Crippen molar-refractivity contribution in [3.05, 3.63) is 18.7 Å². The molecule has 46 valence electrons. The minimum absolute atomic E-state index is 0. The highest BCUT2D eigenvalue weighted by molar-refractivity contribution is 4.54. The van der Waals surface area contributed by atoms with E-state index in [1.54, 1.807) is 0 Å². The number of halogens is 1. The van der Waals surface area contributed by atoms with Gasteiger partial charge in [0.1, 0.15) is 12.4 Å². The second-order valence-electron chi connectivity index (χ2n) is 1.44. The van der Waals surface area contributed by atoms with Gasteiger partial charge in [0, 0.05) is 0 Å². The van der Waals surface area contributed by atoms with E-state index < -0.39 is 0 Å². The van der Waals surface area contributed by atoms with Gasteiger partial charge in [0.05, 0.1) is 6.54 Å². The predicted octanol–water partition coefficient (Wildman–Crippen LogP) is -3.21. The number of H-pyrrole nitrogens is 1. The average molecular weight is 226 g/mol. The van der Waals surface area contributed by atoms with Crippen LogP contribution in [0.15, 0.2) is 18.7 Å². The molecule has 0 spiro atoms. The quantitative estimate of drug-likeness (QED) is 0.384. The summed E-state index contributed by atoms with van der Waals surface area (Å²) in [5.74, 6) is 0. The van der Waals surface area contributed by atoms with Crippen LogP contribution in [0.2, 0.25) is 0 Å². The summed E-state index contributed by atoms with van der Waals surface area (Å²) < 4.78 is 2.07. The first-order valence-electron chi connectivity index (χ1n) is 2.45. The number of aromatic amines is 1. The molecule has 0 bridgehead atoms. The first-order valence-corrected chi connectivity index (χ1v) is 2.45. The zero-order valence-electron chi connectivity index (χ0n) is 4.83. The average Bonchev–Trinajstić information content (AvgIpc) is 2.14. The number of nitrogens with one attached hydrogen (secondary N) is 1. The third-order valence-electron chi connectivity index (χ3n) is 0.968. The molecule has 1 aromatic rings. The van der Waals surface area contributed by atoms with Gasteiger partial charge in [0.25, 0.3) is 0 Å². The van der Waals surface area contributed by atoms with E-state index in [1.807, 2.05) is 18.7 Å². The maximum atomic E-state index is 2.94. The molecule has 0 atom stereocenters. The molecule has 0 fully saturated rings. The third kappa shape index (κ3) is 1.81. The fourth-order valence-electron chi connectivity index (χ4n) is 0.517. The highest BCUT2D eigenvalue weighted by Gasteiger charge is 1.85. The van der Waals surface area contributed by atoms with E-state index in [9.17, 15) is 0 Å². The summed E-state index contributed by atoms with van der Waals surface area (Å²) in [5.41, 5.74) is 0. The predicted molar refractivity (Wildman–Crippen MR) is 29.5 cm³/mol. The SMILES string of the molecule is CC[n+]1cc[nH]c1.[IH2+]. The van der Waals surface area contributed by atoms with E-state index in [2.05, 4.69) is 16.5 Å². The van der Waals surface area contributed by atoms with Crippen LogP contribution >= 0.6 is 0 Å². The standard InChI is InChI=1S/C5H8N2.H2I/c1-2-7-4-3-6-5-7;/h3-5H,2H2,1H3;1H2/q;+1/p+1. The Morgan fingerprint density at radius 2 is 2.38 bits per heavy atom. The van der Waals surface area contributed by atoms with Crippen molar-refractivity contribution < 1.29 is 28.5 Å². The maximum absolute atomic E-state index is 2.94. The maximum Gasteiger partial charge on any atom is 0.241 e. The molecule has 0 aliphatic heterocycles. The number of aryl methyl sites for hydroxylation is 1. The van der Waals surface area contributed by atoms with Crippen molar-refractivity contribution in [1.29, 1.82) is 0 Å². The largest absolute Gasteiger partial charge is 0.250 e. The van der Waals surface area contributed by atoms with Gasteiger partial charge in [0.2, 0.25) is 30.3 Å². The van der Waals surface area contributed by atoms with Crippen molar-refractivity contribution in [3.63, 3.8) is 0 Å². The second kappa shape index (κ2) is 3.88. The Morgan fingerprint density at radius 3 is 2.62 bits per heavy atom. The van der Waals surface area contributed by atoms with Gasteiger partial charge in [-0.25, -0.2) is 4.57 Å². The van der Waals surface area contributed by atoms with E-state index in [0.29, 0.717) is 0 Å². The highest BCUT2D eigenvalue weighted by Crippen LogP contribution is 1.65. The summed E-state index contributed by atoms with van der Waals surface area (Å²) in [5, 5.41) is 0. The number of nitrogens with zero attached hydrogens (tertiary/aromatic N) is 1. The molecule has 8 heavy (non-hydrogen) atoms. The minimum Gasteiger partial charge on any atom is -0.250 e. The van der Waals surface area contributed by atoms with Crippen LogP contribution in [0.5, 0.6) is 0 Å². The second-order valence-corrected chi connectivity index (χ2v) is 1.44. The molecule has 0 aromatic carbocycles. The molecular formula is C5H11IN2+2. The Balaban J connectivity index is 0.000000490. The molecule has 0 unspecified atom stereocenters. The lowest BCUT2D eigenvalue weighted by molar-refractivity contribution is -0.692. The van der Waals surface area contributed by atoms with Crippen molar-refractivity contribution in [2.45, 2.75) is 13.5 Å². The van der Waals surface area contributed by atoms with Crippen LogP contribution in [-0.4, -0.2) is 4.98 Å². The molecule has 1 N–H and O–H groups in total. The highest BCUT2D eigenvalue weighted by atomic mass is 127. The lowest BCUT2D eigenvalue weighted by Gasteiger charge is -1.79. The fourth-order valence-corrected chi connectivity index (χ4v) is 0.517. The van der Waals surface area contributed by atoms with Crippen LogP contribution in [-0.2, 0) is 6.54 Å². The molecule has 2 nitrogen and oxygen atoms in total. The zero-order valence-corrected chi connectivity index (χ0v) is 7.39. The monoisotopic (exact) mass is 226 g/mol. The molecule has 1 rings (SSSR count). The molecular weight excluding hydrogens is 215 g/mol. The lowest BCUT2D eigenvalue weighted by atomic mass is 10.7. The third-order valence-corrected chi connectivity index (χ3v) is 0.968. The van der Waals surface area contributed by atoms with Gasteiger partial charge in [-0.1, -0.05) is 0 Å². The van der Waals surface area contributed by atoms with Crippen molar-refractivity contribution >= 4 is 0 Å². The molecule has 0 aliphatic carbocycles. The molecule has 3 heteroatoms. The normalized spacial score (nSPS) is 8.12. The lowest BCUT2D eigenvalue weighted by Crippen LogP contribution is -3.00. The Hall–Kier alpha value is -0.0600. The van der Waals surface area contributed by atoms with Gasteiger partial charge in [-0.05, 0) is 6.92 Å². The molecule has 0 aliphatic rings. The number of rotatable bonds is 1. The Labute approximate surface area is 65.9 Å². The van der Waals surface area contributed by atoms with E-state index in [4.69, 9.17) is 0 Å². The Bertz CT molecular complexity index is 125. The Kier molecular flexibility index (Phi) is 3.85. The number of hydrogen-bond acceptors (Lipinski definition) is 0. The molecule has 1 heterocycles. The molecule has 0 radical (unpaired) electrons. The molecule has 1 aromatic heterocycles. The van der Waals surface area contributed by atoms with E-state index in [0.717, 1.165) is 6.54 Å². The summed E-state index contributed by atoms with van der Waals surface area (Å²) in [4.78, 5) is 2.94. The smallest absolute Gasteiger partial charge is 0.241 e. The topological polar surface area (TPSA) is 19.7 Å². The van der Waals surface area contributed by atoms with Crippen LogP contribution in [0, 0.1) is 0 Å². The zero-order chi connectivity index (χ0) is 5.11. The van der Waals surface area contributed by atoms with Gasteiger partial charge in [-0.15, -0.1) is 0 Å². The molecule has 0 saturated heterocycles. The molecule has 0 amide bonds. The van der Waals surface area contributed by atoms with Gasteiger partial charge in [-0.3, -0.25) is 4.98 Å². The number of hydrogen-bond donors (Lipinski definition) is 1. The summed E-state index contributed by atoms with van der Waals surface area (Å²) in [6, 6.07) is 0. The van der Waals surface area contributed by atoms with E-state index in [1.165, 1.54) is 0 Å². The summed E-state index contributed by atoms with van der Waals surface area (Å²) in [7, 11) is 0. The van der Waals surface area contributed by atoms with Crippen LogP contribution in [0.25, 0.3) is 0 Å². The van der Waals surface area contributed by atoms with Crippen molar-refractivity contribution in [1.82, 2.24) is 4.98 Å². The van der Waals surface area contributed by atoms with Crippen molar-refractivity contribution in [3.8, 4) is 0 Å². The number of imidazole rings is 1. The van der Waals surface area contributed by atoms with E-state index >= 15 is 0 Å². The molecule has 0 saturated carbocycles. The summed E-state index contributed by atoms with van der Waals surface area (Å²) in [6.07, 6.45) is 5.84. The van der Waals surface area contributed by atoms with Crippen molar-refractivity contribution in [2.24, 2.45) is 0 Å². The van der Waals surface area contributed by atoms with Crippen LogP contribution in [0.4, 0.5) is 0 Å². The Morgan fingerprint density at radius 1 is 1.62 bits per heavy atom.